The highest BCUT2D eigenvalue weighted by Gasteiger charge is 2.24. The van der Waals surface area contributed by atoms with Gasteiger partial charge in [0.1, 0.15) is 0 Å². The minimum atomic E-state index is -4.14. The van der Waals surface area contributed by atoms with E-state index < -0.39 is 10.0 Å². The number of hydrogen-bond donors (Lipinski definition) is 3. The minimum absolute atomic E-state index is 0.102. The Morgan fingerprint density at radius 3 is 2.68 bits per heavy atom. The van der Waals surface area contributed by atoms with Crippen LogP contribution in [0.25, 0.3) is 22.0 Å². The summed E-state index contributed by atoms with van der Waals surface area (Å²) in [6.07, 6.45) is 4.03. The quantitative estimate of drug-likeness (QED) is 0.272. The van der Waals surface area contributed by atoms with Crippen molar-refractivity contribution in [2.24, 2.45) is 0 Å². The van der Waals surface area contributed by atoms with Crippen molar-refractivity contribution in [2.45, 2.75) is 17.4 Å². The maximum Gasteiger partial charge on any atom is 0.267 e. The number of methoxy groups -OCH3 is 1. The van der Waals surface area contributed by atoms with Crippen LogP contribution in [0.3, 0.4) is 0 Å². The number of sulfonamides is 1. The molecule has 2 aromatic heterocycles. The monoisotopic (exact) mass is 578 g/mol. The highest BCUT2D eigenvalue weighted by Crippen LogP contribution is 2.41. The lowest BCUT2D eigenvalue weighted by atomic mass is 10.0. The fourth-order valence-corrected chi connectivity index (χ4v) is 6.20. The first-order valence-electron chi connectivity index (χ1n) is 11.2. The Labute approximate surface area is 228 Å². The molecule has 0 radical (unpaired) electrons. The number of fused-ring (bicyclic) bond motifs is 1. The molecule has 2 aromatic carbocycles. The average Bonchev–Trinajstić information content (AvgIpc) is 3.39. The zero-order chi connectivity index (χ0) is 26.2. The number of nitrogens with zero attached hydrogens (tertiary/aromatic N) is 3. The molecule has 5 rings (SSSR count). The molecule has 1 aliphatic rings. The standard InChI is InChI=1S/C24H21Cl3N6O3S/c1-36-23-20(9-15(25)11-29-23)37(34,35)33-19-5-3-17(26)21(22(19)27)13-2-4-18-14(8-13)10-30-24(32-18)31-16-6-7-28-12-16/h2-5,8-11,16,28,33H,6-7,12H2,1H3,(H,30,31,32). The minimum Gasteiger partial charge on any atom is -0.480 e. The molecule has 37 heavy (non-hydrogen) atoms. The fraction of sp³-hybridized carbons (Fsp3) is 0.208. The third-order valence-corrected chi connectivity index (χ3v) is 8.14. The molecule has 0 spiro atoms. The predicted molar refractivity (Wildman–Crippen MR) is 146 cm³/mol. The first kappa shape index (κ1) is 25.7. The largest absolute Gasteiger partial charge is 0.480 e. The maximum absolute atomic E-state index is 13.1. The summed E-state index contributed by atoms with van der Waals surface area (Å²) in [5, 5.41) is 8.03. The summed E-state index contributed by atoms with van der Waals surface area (Å²) in [5.74, 6) is 0.460. The molecule has 1 unspecified atom stereocenters. The lowest BCUT2D eigenvalue weighted by Gasteiger charge is -2.16. The number of anilines is 2. The molecule has 3 N–H and O–H groups in total. The van der Waals surface area contributed by atoms with Crippen molar-refractivity contribution in [1.29, 1.82) is 0 Å². The normalized spacial score (nSPS) is 15.6. The van der Waals surface area contributed by atoms with Crippen LogP contribution in [0.4, 0.5) is 11.6 Å². The van der Waals surface area contributed by atoms with E-state index in [0.717, 1.165) is 30.4 Å². The highest BCUT2D eigenvalue weighted by molar-refractivity contribution is 7.92. The van der Waals surface area contributed by atoms with Crippen LogP contribution in [-0.2, 0) is 10.0 Å². The van der Waals surface area contributed by atoms with Crippen LogP contribution in [0.2, 0.25) is 15.1 Å². The number of halogens is 3. The van der Waals surface area contributed by atoms with E-state index in [4.69, 9.17) is 39.5 Å². The topological polar surface area (TPSA) is 118 Å². The molecule has 3 heterocycles. The van der Waals surface area contributed by atoms with E-state index in [9.17, 15) is 8.42 Å². The van der Waals surface area contributed by atoms with Gasteiger partial charge in [-0.1, -0.05) is 40.9 Å². The van der Waals surface area contributed by atoms with Crippen molar-refractivity contribution in [3.63, 3.8) is 0 Å². The van der Waals surface area contributed by atoms with Crippen LogP contribution >= 0.6 is 34.8 Å². The van der Waals surface area contributed by atoms with E-state index in [-0.39, 0.29) is 26.5 Å². The summed E-state index contributed by atoms with van der Waals surface area (Å²) in [7, 11) is -2.83. The molecular formula is C24H21Cl3N6O3S. The van der Waals surface area contributed by atoms with Gasteiger partial charge in [-0.2, -0.15) is 0 Å². The SMILES string of the molecule is COc1ncc(Cl)cc1S(=O)(=O)Nc1ccc(Cl)c(-c2ccc3nc(NC4CCNC4)ncc3c2)c1Cl. The lowest BCUT2D eigenvalue weighted by Crippen LogP contribution is -2.23. The van der Waals surface area contributed by atoms with Gasteiger partial charge < -0.3 is 15.4 Å². The van der Waals surface area contributed by atoms with Gasteiger partial charge in [-0.3, -0.25) is 4.72 Å². The van der Waals surface area contributed by atoms with Gasteiger partial charge in [-0.25, -0.2) is 23.4 Å². The second-order valence-corrected chi connectivity index (χ2v) is 11.2. The van der Waals surface area contributed by atoms with Gasteiger partial charge in [0.25, 0.3) is 10.0 Å². The summed E-state index contributed by atoms with van der Waals surface area (Å²) in [6, 6.07) is 10.1. The van der Waals surface area contributed by atoms with E-state index in [0.29, 0.717) is 28.1 Å². The Morgan fingerprint density at radius 1 is 1.08 bits per heavy atom. The van der Waals surface area contributed by atoms with Gasteiger partial charge >= 0.3 is 0 Å². The van der Waals surface area contributed by atoms with Crippen molar-refractivity contribution < 1.29 is 13.2 Å². The molecule has 1 saturated heterocycles. The van der Waals surface area contributed by atoms with E-state index in [1.165, 1.54) is 25.4 Å². The summed E-state index contributed by atoms with van der Waals surface area (Å²) in [4.78, 5) is 12.7. The molecule has 0 amide bonds. The molecule has 1 atom stereocenters. The first-order valence-corrected chi connectivity index (χ1v) is 13.8. The summed E-state index contributed by atoms with van der Waals surface area (Å²) < 4.78 is 33.9. The molecule has 4 aromatic rings. The number of benzene rings is 2. The molecule has 13 heteroatoms. The Morgan fingerprint density at radius 2 is 1.92 bits per heavy atom. The number of hydrogen-bond acceptors (Lipinski definition) is 8. The molecule has 9 nitrogen and oxygen atoms in total. The number of pyridine rings is 1. The van der Waals surface area contributed by atoms with Crippen LogP contribution < -0.4 is 20.1 Å². The molecule has 192 valence electrons. The van der Waals surface area contributed by atoms with Gasteiger partial charge in [-0.05, 0) is 48.9 Å². The zero-order valence-electron chi connectivity index (χ0n) is 19.4. The van der Waals surface area contributed by atoms with E-state index in [1.807, 2.05) is 18.2 Å². The number of ether oxygens (including phenoxy) is 1. The first-order chi connectivity index (χ1) is 17.7. The molecular weight excluding hydrogens is 559 g/mol. The molecule has 0 saturated carbocycles. The van der Waals surface area contributed by atoms with Crippen molar-refractivity contribution in [1.82, 2.24) is 20.3 Å². The molecule has 0 bridgehead atoms. The zero-order valence-corrected chi connectivity index (χ0v) is 22.5. The smallest absolute Gasteiger partial charge is 0.267 e. The number of rotatable bonds is 7. The lowest BCUT2D eigenvalue weighted by molar-refractivity contribution is 0.385. The van der Waals surface area contributed by atoms with Crippen molar-refractivity contribution >= 4 is 67.4 Å². The van der Waals surface area contributed by atoms with Gasteiger partial charge in [0.05, 0.1) is 33.4 Å². The van der Waals surface area contributed by atoms with Crippen LogP contribution in [0.1, 0.15) is 6.42 Å². The van der Waals surface area contributed by atoms with Crippen molar-refractivity contribution in [3.05, 3.63) is 63.9 Å². The van der Waals surface area contributed by atoms with Gasteiger partial charge in [0.2, 0.25) is 11.8 Å². The van der Waals surface area contributed by atoms with E-state index in [1.54, 1.807) is 12.3 Å². The van der Waals surface area contributed by atoms with Gasteiger partial charge in [0.15, 0.2) is 4.90 Å². The van der Waals surface area contributed by atoms with Crippen molar-refractivity contribution in [3.8, 4) is 17.0 Å². The Kier molecular flexibility index (Phi) is 7.28. The third-order valence-electron chi connectivity index (χ3n) is 5.87. The van der Waals surface area contributed by atoms with E-state index >= 15 is 0 Å². The van der Waals surface area contributed by atoms with Crippen LogP contribution in [0.15, 0.2) is 53.7 Å². The molecule has 1 fully saturated rings. The second-order valence-electron chi connectivity index (χ2n) is 8.35. The van der Waals surface area contributed by atoms with Gasteiger partial charge in [0, 0.05) is 35.9 Å². The molecule has 0 aliphatic carbocycles. The van der Waals surface area contributed by atoms with Crippen molar-refractivity contribution in [2.75, 3.05) is 30.2 Å². The third kappa shape index (κ3) is 5.39. The molecule has 1 aliphatic heterocycles. The average molecular weight is 580 g/mol. The Hall–Kier alpha value is -2.89. The summed E-state index contributed by atoms with van der Waals surface area (Å²) in [5.41, 5.74) is 2.01. The second kappa shape index (κ2) is 10.5. The Bertz CT molecular complexity index is 1600. The maximum atomic E-state index is 13.1. The number of nitrogens with one attached hydrogen (secondary N) is 3. The number of aromatic nitrogens is 3. The predicted octanol–water partition coefficient (Wildman–Crippen LogP) is 5.24. The van der Waals surface area contributed by atoms with Gasteiger partial charge in [-0.15, -0.1) is 0 Å². The fourth-order valence-electron chi connectivity index (χ4n) is 4.07. The van der Waals surface area contributed by atoms with Crippen LogP contribution in [0.5, 0.6) is 5.88 Å². The summed E-state index contributed by atoms with van der Waals surface area (Å²) >= 11 is 19.2. The van der Waals surface area contributed by atoms with E-state index in [2.05, 4.69) is 30.3 Å². The highest BCUT2D eigenvalue weighted by atomic mass is 35.5. The summed E-state index contributed by atoms with van der Waals surface area (Å²) in [6.45, 7) is 1.84. The van der Waals surface area contributed by atoms with Crippen LogP contribution in [0, 0.1) is 0 Å². The Balaban J connectivity index is 1.48. The van der Waals surface area contributed by atoms with Crippen LogP contribution in [-0.4, -0.2) is 49.6 Å².